The van der Waals surface area contributed by atoms with Crippen LogP contribution in [0, 0.1) is 18.6 Å². The molecular formula is C21H26F2O. The normalized spacial score (nSPS) is 10.8. The number of ether oxygens (including phenoxy) is 1. The molecule has 0 radical (unpaired) electrons. The summed E-state index contributed by atoms with van der Waals surface area (Å²) in [6, 6.07) is 10.2. The van der Waals surface area contributed by atoms with Crippen LogP contribution in [-0.4, -0.2) is 6.61 Å². The fourth-order valence-electron chi connectivity index (χ4n) is 2.67. The summed E-state index contributed by atoms with van der Waals surface area (Å²) in [6.07, 6.45) is 6.66. The molecule has 0 unspecified atom stereocenters. The molecule has 0 atom stereocenters. The van der Waals surface area contributed by atoms with Crippen LogP contribution in [0.5, 0.6) is 5.75 Å². The van der Waals surface area contributed by atoms with Crippen LogP contribution in [0.1, 0.15) is 51.0 Å². The molecule has 0 aliphatic heterocycles. The van der Waals surface area contributed by atoms with E-state index in [1.54, 1.807) is 0 Å². The summed E-state index contributed by atoms with van der Waals surface area (Å²) in [5.74, 6) is -1.55. The third-order valence-electron chi connectivity index (χ3n) is 4.13. The lowest BCUT2D eigenvalue weighted by atomic mass is 10.0. The van der Waals surface area contributed by atoms with Crippen LogP contribution in [-0.2, 0) is 0 Å². The molecule has 2 rings (SSSR count). The van der Waals surface area contributed by atoms with Gasteiger partial charge in [0.05, 0.1) is 6.61 Å². The van der Waals surface area contributed by atoms with Gasteiger partial charge < -0.3 is 4.74 Å². The Labute approximate surface area is 143 Å². The molecule has 3 heteroatoms. The quantitative estimate of drug-likeness (QED) is 0.465. The Kier molecular flexibility index (Phi) is 7.23. The van der Waals surface area contributed by atoms with Gasteiger partial charge in [0.2, 0.25) is 0 Å². The van der Waals surface area contributed by atoms with Gasteiger partial charge in [-0.2, -0.15) is 0 Å². The largest absolute Gasteiger partial charge is 0.488 e. The maximum absolute atomic E-state index is 14.2. The Morgan fingerprint density at radius 2 is 1.38 bits per heavy atom. The maximum atomic E-state index is 14.2. The summed E-state index contributed by atoms with van der Waals surface area (Å²) >= 11 is 0. The topological polar surface area (TPSA) is 9.23 Å². The molecule has 24 heavy (non-hydrogen) atoms. The lowest BCUT2D eigenvalue weighted by Gasteiger charge is -2.10. The highest BCUT2D eigenvalue weighted by Crippen LogP contribution is 2.29. The maximum Gasteiger partial charge on any atom is 0.190 e. The first-order valence-corrected chi connectivity index (χ1v) is 8.80. The van der Waals surface area contributed by atoms with E-state index >= 15 is 0 Å². The van der Waals surface area contributed by atoms with Crippen molar-refractivity contribution in [1.82, 2.24) is 0 Å². The smallest absolute Gasteiger partial charge is 0.190 e. The van der Waals surface area contributed by atoms with Gasteiger partial charge >= 0.3 is 0 Å². The first-order valence-electron chi connectivity index (χ1n) is 8.80. The van der Waals surface area contributed by atoms with E-state index in [4.69, 9.17) is 4.74 Å². The zero-order valence-electron chi connectivity index (χ0n) is 14.6. The van der Waals surface area contributed by atoms with Crippen molar-refractivity contribution >= 4 is 0 Å². The molecule has 0 spiro atoms. The molecule has 0 aromatic heterocycles. The van der Waals surface area contributed by atoms with Crippen molar-refractivity contribution in [3.63, 3.8) is 0 Å². The molecule has 2 aromatic carbocycles. The van der Waals surface area contributed by atoms with E-state index in [9.17, 15) is 8.78 Å². The summed E-state index contributed by atoms with van der Waals surface area (Å²) in [4.78, 5) is 0. The number of hydrogen-bond acceptors (Lipinski definition) is 1. The van der Waals surface area contributed by atoms with Crippen molar-refractivity contribution in [1.29, 1.82) is 0 Å². The summed E-state index contributed by atoms with van der Waals surface area (Å²) in [5, 5.41) is 0. The Bertz CT molecular complexity index is 612. The lowest BCUT2D eigenvalue weighted by Crippen LogP contribution is -2.02. The lowest BCUT2D eigenvalue weighted by molar-refractivity contribution is 0.275. The second-order valence-corrected chi connectivity index (χ2v) is 6.25. The molecule has 0 aliphatic carbocycles. The Hall–Kier alpha value is -1.90. The van der Waals surface area contributed by atoms with Crippen molar-refractivity contribution in [2.45, 2.75) is 52.4 Å². The van der Waals surface area contributed by atoms with Gasteiger partial charge in [0.15, 0.2) is 17.4 Å². The molecule has 0 saturated carbocycles. The van der Waals surface area contributed by atoms with E-state index in [0.717, 1.165) is 30.4 Å². The van der Waals surface area contributed by atoms with Crippen molar-refractivity contribution in [3.8, 4) is 16.9 Å². The molecular weight excluding hydrogens is 306 g/mol. The molecule has 130 valence electrons. The minimum Gasteiger partial charge on any atom is -0.488 e. The van der Waals surface area contributed by atoms with E-state index in [-0.39, 0.29) is 5.75 Å². The van der Waals surface area contributed by atoms with Crippen molar-refractivity contribution in [2.24, 2.45) is 0 Å². The highest BCUT2D eigenvalue weighted by molar-refractivity contribution is 5.65. The Morgan fingerprint density at radius 1 is 0.792 bits per heavy atom. The number of benzene rings is 2. The van der Waals surface area contributed by atoms with Gasteiger partial charge in [0.25, 0.3) is 0 Å². The predicted molar refractivity (Wildman–Crippen MR) is 95.4 cm³/mol. The first-order chi connectivity index (χ1) is 11.6. The average molecular weight is 332 g/mol. The molecule has 0 amide bonds. The number of rotatable bonds is 9. The number of halogens is 2. The van der Waals surface area contributed by atoms with E-state index < -0.39 is 11.6 Å². The number of unbranched alkanes of at least 4 members (excludes halogenated alkanes) is 5. The third-order valence-corrected chi connectivity index (χ3v) is 4.13. The Morgan fingerprint density at radius 3 is 2.00 bits per heavy atom. The van der Waals surface area contributed by atoms with Gasteiger partial charge in [0, 0.05) is 0 Å². The van der Waals surface area contributed by atoms with Crippen molar-refractivity contribution in [3.05, 3.63) is 53.6 Å². The molecule has 0 heterocycles. The van der Waals surface area contributed by atoms with Crippen LogP contribution < -0.4 is 4.74 Å². The van der Waals surface area contributed by atoms with Crippen molar-refractivity contribution < 1.29 is 13.5 Å². The second kappa shape index (κ2) is 9.41. The van der Waals surface area contributed by atoms with Crippen LogP contribution in [0.2, 0.25) is 0 Å². The van der Waals surface area contributed by atoms with Crippen LogP contribution in [0.4, 0.5) is 8.78 Å². The zero-order chi connectivity index (χ0) is 17.4. The van der Waals surface area contributed by atoms with Gasteiger partial charge in [-0.3, -0.25) is 0 Å². The summed E-state index contributed by atoms with van der Waals surface area (Å²) < 4.78 is 33.7. The fraction of sp³-hybridized carbons (Fsp3) is 0.429. The summed E-state index contributed by atoms with van der Waals surface area (Å²) in [7, 11) is 0. The molecule has 0 bridgehead atoms. The second-order valence-electron chi connectivity index (χ2n) is 6.25. The molecule has 0 N–H and O–H groups in total. The number of hydrogen-bond donors (Lipinski definition) is 0. The first kappa shape index (κ1) is 18.4. The minimum atomic E-state index is -0.642. The third kappa shape index (κ3) is 5.33. The minimum absolute atomic E-state index is 0.264. The fourth-order valence-corrected chi connectivity index (χ4v) is 2.67. The molecule has 0 saturated heterocycles. The molecule has 1 nitrogen and oxygen atoms in total. The van der Waals surface area contributed by atoms with Crippen LogP contribution >= 0.6 is 0 Å². The highest BCUT2D eigenvalue weighted by atomic mass is 19.1. The predicted octanol–water partition coefficient (Wildman–Crippen LogP) is 6.68. The van der Waals surface area contributed by atoms with Gasteiger partial charge in [-0.1, -0.05) is 68.9 Å². The van der Waals surface area contributed by atoms with Gasteiger partial charge in [-0.15, -0.1) is 0 Å². The van der Waals surface area contributed by atoms with Gasteiger partial charge in [-0.05, 0) is 36.6 Å². The highest BCUT2D eigenvalue weighted by Gasteiger charge is 2.13. The molecule has 0 aliphatic rings. The van der Waals surface area contributed by atoms with Crippen LogP contribution in [0.15, 0.2) is 36.4 Å². The van der Waals surface area contributed by atoms with E-state index in [1.165, 1.54) is 31.4 Å². The van der Waals surface area contributed by atoms with Crippen LogP contribution in [0.3, 0.4) is 0 Å². The van der Waals surface area contributed by atoms with E-state index in [1.807, 2.05) is 31.2 Å². The SMILES string of the molecule is CCCCCCCCOc1c(F)cc(-c2ccc(C)cc2)cc1F. The number of aryl methyl sites for hydroxylation is 1. The molecule has 2 aromatic rings. The van der Waals surface area contributed by atoms with Gasteiger partial charge in [0.1, 0.15) is 0 Å². The average Bonchev–Trinajstić information content (AvgIpc) is 2.56. The summed E-state index contributed by atoms with van der Waals surface area (Å²) in [6.45, 7) is 4.50. The zero-order valence-corrected chi connectivity index (χ0v) is 14.6. The monoisotopic (exact) mass is 332 g/mol. The standard InChI is InChI=1S/C21H26F2O/c1-3-4-5-6-7-8-13-24-21-19(22)14-18(15-20(21)23)17-11-9-16(2)10-12-17/h9-12,14-15H,3-8,13H2,1-2H3. The summed E-state index contributed by atoms with van der Waals surface area (Å²) in [5.41, 5.74) is 2.43. The van der Waals surface area contributed by atoms with E-state index in [2.05, 4.69) is 6.92 Å². The van der Waals surface area contributed by atoms with E-state index in [0.29, 0.717) is 12.2 Å². The van der Waals surface area contributed by atoms with Crippen molar-refractivity contribution in [2.75, 3.05) is 6.61 Å². The van der Waals surface area contributed by atoms with Crippen LogP contribution in [0.25, 0.3) is 11.1 Å². The molecule has 0 fully saturated rings. The van der Waals surface area contributed by atoms with Gasteiger partial charge in [-0.25, -0.2) is 8.78 Å². The Balaban J connectivity index is 1.93.